The van der Waals surface area contributed by atoms with Gasteiger partial charge in [-0.1, -0.05) is 19.9 Å². The van der Waals surface area contributed by atoms with Crippen LogP contribution in [0.4, 0.5) is 0 Å². The van der Waals surface area contributed by atoms with Gasteiger partial charge in [-0.3, -0.25) is 15.1 Å². The van der Waals surface area contributed by atoms with Crippen LogP contribution in [-0.2, 0) is 4.79 Å². The Balaban J connectivity index is 2.44. The number of amides is 1. The van der Waals surface area contributed by atoms with Crippen LogP contribution in [0.2, 0.25) is 0 Å². The molecule has 0 saturated heterocycles. The van der Waals surface area contributed by atoms with Gasteiger partial charge >= 0.3 is 0 Å². The molecule has 0 aliphatic carbocycles. The van der Waals surface area contributed by atoms with E-state index in [-0.39, 0.29) is 18.0 Å². The number of pyridine rings is 1. The minimum atomic E-state index is -0.222. The maximum Gasteiger partial charge on any atom is 0.236 e. The number of carbonyl (C=O) groups excluding carboxylic acids is 1. The van der Waals surface area contributed by atoms with Crippen LogP contribution in [0.3, 0.4) is 0 Å². The largest absolute Gasteiger partial charge is 0.354 e. The van der Waals surface area contributed by atoms with Crippen LogP contribution in [0.5, 0.6) is 0 Å². The summed E-state index contributed by atoms with van der Waals surface area (Å²) in [6.45, 7) is 8.75. The van der Waals surface area contributed by atoms with E-state index in [1.807, 2.05) is 32.0 Å². The first-order valence-electron chi connectivity index (χ1n) is 6.45. The van der Waals surface area contributed by atoms with Crippen LogP contribution >= 0.6 is 0 Å². The smallest absolute Gasteiger partial charge is 0.236 e. The Kier molecular flexibility index (Phi) is 5.78. The van der Waals surface area contributed by atoms with Crippen molar-refractivity contribution in [3.8, 4) is 0 Å². The lowest BCUT2D eigenvalue weighted by Crippen LogP contribution is -2.44. The molecule has 0 saturated carbocycles. The van der Waals surface area contributed by atoms with Crippen molar-refractivity contribution < 1.29 is 4.79 Å². The monoisotopic (exact) mass is 249 g/mol. The molecule has 2 atom stereocenters. The summed E-state index contributed by atoms with van der Waals surface area (Å²) in [5, 5.41) is 6.16. The van der Waals surface area contributed by atoms with E-state index in [1.54, 1.807) is 6.20 Å². The third-order valence-corrected chi connectivity index (χ3v) is 2.71. The Hall–Kier alpha value is -1.42. The minimum absolute atomic E-state index is 0.0338. The summed E-state index contributed by atoms with van der Waals surface area (Å²) in [5.74, 6) is 0.501. The first-order chi connectivity index (χ1) is 8.50. The highest BCUT2D eigenvalue weighted by atomic mass is 16.2. The average molecular weight is 249 g/mol. The van der Waals surface area contributed by atoms with Crippen LogP contribution in [0.25, 0.3) is 0 Å². The van der Waals surface area contributed by atoms with Crippen molar-refractivity contribution in [3.63, 3.8) is 0 Å². The highest BCUT2D eigenvalue weighted by Crippen LogP contribution is 2.08. The quantitative estimate of drug-likeness (QED) is 0.809. The van der Waals surface area contributed by atoms with Gasteiger partial charge in [-0.05, 0) is 31.9 Å². The summed E-state index contributed by atoms with van der Waals surface area (Å²) >= 11 is 0. The van der Waals surface area contributed by atoms with E-state index in [0.29, 0.717) is 12.5 Å². The van der Waals surface area contributed by atoms with E-state index in [0.717, 1.165) is 5.69 Å². The van der Waals surface area contributed by atoms with Crippen molar-refractivity contribution in [1.29, 1.82) is 0 Å². The fraction of sp³-hybridized carbons (Fsp3) is 0.571. The van der Waals surface area contributed by atoms with E-state index < -0.39 is 0 Å². The number of hydrogen-bond acceptors (Lipinski definition) is 3. The van der Waals surface area contributed by atoms with Crippen molar-refractivity contribution in [1.82, 2.24) is 15.6 Å². The molecular weight excluding hydrogens is 226 g/mol. The molecule has 0 bridgehead atoms. The van der Waals surface area contributed by atoms with Crippen LogP contribution < -0.4 is 10.6 Å². The predicted molar refractivity (Wildman–Crippen MR) is 73.1 cm³/mol. The lowest BCUT2D eigenvalue weighted by atomic mass is 10.1. The average Bonchev–Trinajstić information content (AvgIpc) is 2.36. The zero-order chi connectivity index (χ0) is 13.5. The van der Waals surface area contributed by atoms with Crippen molar-refractivity contribution in [3.05, 3.63) is 30.1 Å². The van der Waals surface area contributed by atoms with Gasteiger partial charge in [-0.15, -0.1) is 0 Å². The molecule has 0 spiro atoms. The Morgan fingerprint density at radius 2 is 2.00 bits per heavy atom. The summed E-state index contributed by atoms with van der Waals surface area (Å²) in [6, 6.07) is 5.63. The first kappa shape index (κ1) is 14.6. The van der Waals surface area contributed by atoms with Crippen molar-refractivity contribution >= 4 is 5.91 Å². The molecule has 2 N–H and O–H groups in total. The third kappa shape index (κ3) is 4.84. The highest BCUT2D eigenvalue weighted by Gasteiger charge is 2.16. The van der Waals surface area contributed by atoms with E-state index in [4.69, 9.17) is 0 Å². The number of aromatic nitrogens is 1. The molecule has 1 amide bonds. The molecule has 0 aliphatic rings. The normalized spacial score (nSPS) is 14.3. The van der Waals surface area contributed by atoms with Crippen LogP contribution in [0, 0.1) is 5.92 Å². The molecule has 1 unspecified atom stereocenters. The topological polar surface area (TPSA) is 54.0 Å². The molecule has 1 rings (SSSR count). The van der Waals surface area contributed by atoms with Crippen molar-refractivity contribution in [2.45, 2.75) is 39.8 Å². The van der Waals surface area contributed by atoms with Gasteiger partial charge in [-0.25, -0.2) is 0 Å². The number of carbonyl (C=O) groups is 1. The Morgan fingerprint density at radius 3 is 2.56 bits per heavy atom. The lowest BCUT2D eigenvalue weighted by molar-refractivity contribution is -0.123. The summed E-state index contributed by atoms with van der Waals surface area (Å²) in [7, 11) is 0. The molecule has 0 radical (unpaired) electrons. The summed E-state index contributed by atoms with van der Waals surface area (Å²) in [4.78, 5) is 16.1. The zero-order valence-corrected chi connectivity index (χ0v) is 11.6. The van der Waals surface area contributed by atoms with Gasteiger partial charge in [0.25, 0.3) is 0 Å². The molecule has 4 nitrogen and oxygen atoms in total. The Bertz CT molecular complexity index is 365. The number of rotatable bonds is 6. The van der Waals surface area contributed by atoms with Gasteiger partial charge in [-0.2, -0.15) is 0 Å². The molecule has 0 aromatic carbocycles. The molecule has 0 fully saturated rings. The van der Waals surface area contributed by atoms with Crippen LogP contribution in [-0.4, -0.2) is 23.5 Å². The molecule has 1 aromatic rings. The van der Waals surface area contributed by atoms with E-state index in [2.05, 4.69) is 29.5 Å². The molecule has 18 heavy (non-hydrogen) atoms. The van der Waals surface area contributed by atoms with Crippen LogP contribution in [0.1, 0.15) is 39.4 Å². The Morgan fingerprint density at radius 1 is 1.28 bits per heavy atom. The number of nitrogens with zero attached hydrogens (tertiary/aromatic N) is 1. The highest BCUT2D eigenvalue weighted by molar-refractivity contribution is 5.81. The second-order valence-corrected chi connectivity index (χ2v) is 5.00. The third-order valence-electron chi connectivity index (χ3n) is 2.71. The molecule has 1 heterocycles. The predicted octanol–water partition coefficient (Wildman–Crippen LogP) is 1.89. The standard InChI is InChI=1S/C14H23N3O/c1-10(2)9-16-14(18)12(4)17-11(3)13-7-5-6-8-15-13/h5-8,10-12,17H,9H2,1-4H3,(H,16,18)/t11-,12?/m0/s1. The summed E-state index contributed by atoms with van der Waals surface area (Å²) in [6.07, 6.45) is 1.76. The van der Waals surface area contributed by atoms with E-state index in [9.17, 15) is 4.79 Å². The van der Waals surface area contributed by atoms with E-state index >= 15 is 0 Å². The van der Waals surface area contributed by atoms with Gasteiger partial charge < -0.3 is 5.32 Å². The first-order valence-corrected chi connectivity index (χ1v) is 6.45. The SMILES string of the molecule is CC(C)CNC(=O)C(C)N[C@@H](C)c1ccccn1. The second-order valence-electron chi connectivity index (χ2n) is 5.00. The van der Waals surface area contributed by atoms with Gasteiger partial charge in [0.05, 0.1) is 11.7 Å². The van der Waals surface area contributed by atoms with Gasteiger partial charge in [0.15, 0.2) is 0 Å². The summed E-state index contributed by atoms with van der Waals surface area (Å²) in [5.41, 5.74) is 0.945. The molecular formula is C14H23N3O. The second kappa shape index (κ2) is 7.11. The van der Waals surface area contributed by atoms with Gasteiger partial charge in [0.1, 0.15) is 0 Å². The number of hydrogen-bond donors (Lipinski definition) is 2. The molecule has 1 aromatic heterocycles. The van der Waals surface area contributed by atoms with Gasteiger partial charge in [0, 0.05) is 18.8 Å². The fourth-order valence-electron chi connectivity index (χ4n) is 1.63. The maximum absolute atomic E-state index is 11.8. The minimum Gasteiger partial charge on any atom is -0.354 e. The number of nitrogens with one attached hydrogen (secondary N) is 2. The molecule has 4 heteroatoms. The lowest BCUT2D eigenvalue weighted by Gasteiger charge is -2.19. The van der Waals surface area contributed by atoms with Crippen molar-refractivity contribution in [2.24, 2.45) is 5.92 Å². The van der Waals surface area contributed by atoms with Gasteiger partial charge in [0.2, 0.25) is 5.91 Å². The maximum atomic E-state index is 11.8. The van der Waals surface area contributed by atoms with Crippen LogP contribution in [0.15, 0.2) is 24.4 Å². The molecule has 0 aliphatic heterocycles. The molecule has 100 valence electrons. The Labute approximate surface area is 109 Å². The zero-order valence-electron chi connectivity index (χ0n) is 11.6. The summed E-state index contributed by atoms with van der Waals surface area (Å²) < 4.78 is 0. The van der Waals surface area contributed by atoms with E-state index in [1.165, 1.54) is 0 Å². The fourth-order valence-corrected chi connectivity index (χ4v) is 1.63. The van der Waals surface area contributed by atoms with Crippen molar-refractivity contribution in [2.75, 3.05) is 6.54 Å².